The smallest absolute Gasteiger partial charge is 0.249 e. The summed E-state index contributed by atoms with van der Waals surface area (Å²) in [6.45, 7) is 0. The predicted molar refractivity (Wildman–Crippen MR) is 61.4 cm³/mol. The summed E-state index contributed by atoms with van der Waals surface area (Å²) in [7, 11) is -7.81. The van der Waals surface area contributed by atoms with E-state index in [1.807, 2.05) is 0 Å². The molecule has 1 aromatic rings. The van der Waals surface area contributed by atoms with Gasteiger partial charge >= 0.3 is 0 Å². The van der Waals surface area contributed by atoms with Crippen LogP contribution in [0.25, 0.3) is 0 Å². The summed E-state index contributed by atoms with van der Waals surface area (Å²) in [4.78, 5) is 0. The van der Waals surface area contributed by atoms with E-state index in [0.717, 1.165) is 0 Å². The van der Waals surface area contributed by atoms with Crippen molar-refractivity contribution in [3.63, 3.8) is 0 Å². The summed E-state index contributed by atoms with van der Waals surface area (Å²) in [6, 6.07) is 4.19. The molecule has 0 bridgehead atoms. The second-order valence-corrected chi connectivity index (χ2v) is 7.49. The first kappa shape index (κ1) is 11.5. The van der Waals surface area contributed by atoms with E-state index in [1.165, 1.54) is 18.2 Å². The van der Waals surface area contributed by atoms with Crippen molar-refractivity contribution in [2.24, 2.45) is 0 Å². The molecule has 0 radical (unpaired) electrons. The lowest BCUT2D eigenvalue weighted by molar-refractivity contribution is 0.595. The molecule has 0 amide bonds. The van der Waals surface area contributed by atoms with Gasteiger partial charge < -0.3 is 0 Å². The van der Waals surface area contributed by atoms with E-state index in [1.54, 1.807) is 0 Å². The molecular formula is C7H7ClN2O4S2. The monoisotopic (exact) mass is 282 g/mol. The Morgan fingerprint density at radius 3 is 2.19 bits per heavy atom. The molecule has 6 nitrogen and oxygen atoms in total. The third kappa shape index (κ3) is 2.39. The molecule has 0 atom stereocenters. The van der Waals surface area contributed by atoms with Crippen molar-refractivity contribution in [2.75, 3.05) is 14.5 Å². The average Bonchev–Trinajstić information content (AvgIpc) is 2.14. The summed E-state index contributed by atoms with van der Waals surface area (Å²) in [5.41, 5.74) is 0.277. The zero-order valence-electron chi connectivity index (χ0n) is 7.77. The highest BCUT2D eigenvalue weighted by Gasteiger charge is 2.27. The Morgan fingerprint density at radius 2 is 1.56 bits per heavy atom. The van der Waals surface area contributed by atoms with Crippen LogP contribution in [0.1, 0.15) is 0 Å². The molecule has 0 unspecified atom stereocenters. The predicted octanol–water partition coefficient (Wildman–Crippen LogP) is 0.794. The van der Waals surface area contributed by atoms with Gasteiger partial charge in [-0.25, -0.2) is 16.8 Å². The maximum atomic E-state index is 11.4. The molecule has 1 aromatic carbocycles. The highest BCUT2D eigenvalue weighted by atomic mass is 35.5. The molecule has 0 aromatic heterocycles. The van der Waals surface area contributed by atoms with Crippen LogP contribution in [0.3, 0.4) is 0 Å². The van der Waals surface area contributed by atoms with Crippen molar-refractivity contribution in [2.45, 2.75) is 0 Å². The number of halogens is 1. The van der Waals surface area contributed by atoms with Crippen LogP contribution in [0, 0.1) is 0 Å². The summed E-state index contributed by atoms with van der Waals surface area (Å²) in [5.74, 6) is 0. The van der Waals surface area contributed by atoms with Crippen molar-refractivity contribution in [1.29, 1.82) is 0 Å². The van der Waals surface area contributed by atoms with Crippen molar-refractivity contribution in [1.82, 2.24) is 0 Å². The Labute approximate surface area is 97.7 Å². The Morgan fingerprint density at radius 1 is 1.00 bits per heavy atom. The number of sulfonamides is 2. The molecule has 0 saturated heterocycles. The van der Waals surface area contributed by atoms with E-state index in [9.17, 15) is 16.8 Å². The Kier molecular flexibility index (Phi) is 2.52. The minimum atomic E-state index is -3.92. The van der Waals surface area contributed by atoms with Gasteiger partial charge in [-0.2, -0.15) is 0 Å². The van der Waals surface area contributed by atoms with Gasteiger partial charge in [0.05, 0.1) is 11.4 Å². The molecule has 1 aliphatic heterocycles. The lowest BCUT2D eigenvalue weighted by Gasteiger charge is -2.06. The maximum absolute atomic E-state index is 11.4. The van der Waals surface area contributed by atoms with Crippen molar-refractivity contribution in [3.05, 3.63) is 23.2 Å². The van der Waals surface area contributed by atoms with Crippen molar-refractivity contribution < 1.29 is 16.8 Å². The van der Waals surface area contributed by atoms with Crippen molar-refractivity contribution >= 4 is 43.0 Å². The van der Waals surface area contributed by atoms with Gasteiger partial charge in [0, 0.05) is 5.02 Å². The van der Waals surface area contributed by atoms with Gasteiger partial charge in [-0.05, 0) is 18.2 Å². The molecule has 1 heterocycles. The van der Waals surface area contributed by atoms with Crippen LogP contribution in [0.4, 0.5) is 11.4 Å². The SMILES string of the molecule is O=S1(=O)CS(=O)(=O)Nc2cc(Cl)ccc2N1. The van der Waals surface area contributed by atoms with E-state index in [0.29, 0.717) is 5.02 Å². The lowest BCUT2D eigenvalue weighted by atomic mass is 10.3. The third-order valence-corrected chi connectivity index (χ3v) is 5.60. The number of benzene rings is 1. The number of nitrogens with one attached hydrogen (secondary N) is 2. The molecule has 16 heavy (non-hydrogen) atoms. The molecule has 0 spiro atoms. The first-order chi connectivity index (χ1) is 7.27. The zero-order valence-corrected chi connectivity index (χ0v) is 10.2. The topological polar surface area (TPSA) is 92.3 Å². The van der Waals surface area contributed by atoms with E-state index in [4.69, 9.17) is 11.6 Å². The normalized spacial score (nSPS) is 21.1. The summed E-state index contributed by atoms with van der Waals surface area (Å²) in [5, 5.41) is -0.700. The molecule has 1 aliphatic rings. The van der Waals surface area contributed by atoms with Crippen LogP contribution in [0.15, 0.2) is 18.2 Å². The van der Waals surface area contributed by atoms with Gasteiger partial charge in [0.1, 0.15) is 0 Å². The number of fused-ring (bicyclic) bond motifs is 1. The number of anilines is 2. The van der Waals surface area contributed by atoms with Gasteiger partial charge in [-0.1, -0.05) is 11.6 Å². The van der Waals surface area contributed by atoms with Crippen molar-refractivity contribution in [3.8, 4) is 0 Å². The number of rotatable bonds is 0. The molecule has 9 heteroatoms. The molecule has 2 N–H and O–H groups in total. The van der Waals surface area contributed by atoms with Crippen LogP contribution in [-0.4, -0.2) is 21.9 Å². The Bertz CT molecular complexity index is 638. The van der Waals surface area contributed by atoms with Crippen LogP contribution in [0.5, 0.6) is 0 Å². The van der Waals surface area contributed by atoms with Gasteiger partial charge in [0.15, 0.2) is 5.08 Å². The third-order valence-electron chi connectivity index (χ3n) is 1.82. The number of hydrogen-bond donors (Lipinski definition) is 2. The molecule has 88 valence electrons. The van der Waals surface area contributed by atoms with Gasteiger partial charge in [-0.3, -0.25) is 9.44 Å². The molecule has 0 saturated carbocycles. The van der Waals surface area contributed by atoms with E-state index >= 15 is 0 Å². The van der Waals surface area contributed by atoms with Crippen LogP contribution < -0.4 is 9.44 Å². The molecule has 0 aliphatic carbocycles. The Hall–Kier alpha value is -0.990. The van der Waals surface area contributed by atoms with Crippen LogP contribution >= 0.6 is 11.6 Å². The highest BCUT2D eigenvalue weighted by molar-refractivity contribution is 8.09. The van der Waals surface area contributed by atoms with E-state index in [2.05, 4.69) is 9.44 Å². The second kappa shape index (κ2) is 3.51. The maximum Gasteiger partial charge on any atom is 0.249 e. The summed E-state index contributed by atoms with van der Waals surface area (Å²) < 4.78 is 49.8. The average molecular weight is 283 g/mol. The fourth-order valence-electron chi connectivity index (χ4n) is 1.29. The fourth-order valence-corrected chi connectivity index (χ4v) is 4.58. The fraction of sp³-hybridized carbons (Fsp3) is 0.143. The molecule has 2 rings (SSSR count). The van der Waals surface area contributed by atoms with E-state index in [-0.39, 0.29) is 11.4 Å². The zero-order chi connectivity index (χ0) is 12.0. The van der Waals surface area contributed by atoms with Crippen LogP contribution in [-0.2, 0) is 20.0 Å². The van der Waals surface area contributed by atoms with Crippen LogP contribution in [0.2, 0.25) is 5.02 Å². The molecule has 0 fully saturated rings. The van der Waals surface area contributed by atoms with E-state index < -0.39 is 25.1 Å². The summed E-state index contributed by atoms with van der Waals surface area (Å²) >= 11 is 5.68. The second-order valence-electron chi connectivity index (χ2n) is 3.24. The standard InChI is InChI=1S/C7H7ClN2O4S2/c8-5-1-2-6-7(3-5)10-16(13,14)4-15(11,12)9-6/h1-3,9-10H,4H2. The molecular weight excluding hydrogens is 276 g/mol. The highest BCUT2D eigenvalue weighted by Crippen LogP contribution is 2.30. The largest absolute Gasteiger partial charge is 0.281 e. The Balaban J connectivity index is 2.65. The quantitative estimate of drug-likeness (QED) is 0.736. The lowest BCUT2D eigenvalue weighted by Crippen LogP contribution is -2.23. The minimum Gasteiger partial charge on any atom is -0.281 e. The van der Waals surface area contributed by atoms with Gasteiger partial charge in [0.25, 0.3) is 0 Å². The first-order valence-electron chi connectivity index (χ1n) is 4.08. The van der Waals surface area contributed by atoms with Gasteiger partial charge in [-0.15, -0.1) is 0 Å². The summed E-state index contributed by atoms with van der Waals surface area (Å²) in [6.07, 6.45) is 0. The number of hydrogen-bond acceptors (Lipinski definition) is 4. The minimum absolute atomic E-state index is 0.119. The van der Waals surface area contributed by atoms with Gasteiger partial charge in [0.2, 0.25) is 20.0 Å². The first-order valence-corrected chi connectivity index (χ1v) is 7.76.